The zero-order valence-electron chi connectivity index (χ0n) is 8.87. The summed E-state index contributed by atoms with van der Waals surface area (Å²) in [5.41, 5.74) is 0. The molecule has 2 N–H and O–H groups in total. The number of rotatable bonds is 7. The Morgan fingerprint density at radius 3 is 2.86 bits per heavy atom. The van der Waals surface area contributed by atoms with Gasteiger partial charge < -0.3 is 19.9 Å². The summed E-state index contributed by atoms with van der Waals surface area (Å²) in [5.74, 6) is 0. The van der Waals surface area contributed by atoms with Gasteiger partial charge in [-0.05, 0) is 25.8 Å². The molecule has 0 bridgehead atoms. The summed E-state index contributed by atoms with van der Waals surface area (Å²) in [5, 5.41) is 12.7. The van der Waals surface area contributed by atoms with Gasteiger partial charge in [0.2, 0.25) is 0 Å². The van der Waals surface area contributed by atoms with E-state index in [2.05, 4.69) is 5.32 Å². The topological polar surface area (TPSA) is 50.7 Å². The Labute approximate surface area is 85.6 Å². The predicted molar refractivity (Wildman–Crippen MR) is 54.3 cm³/mol. The number of methoxy groups -OCH3 is 1. The van der Waals surface area contributed by atoms with Crippen LogP contribution in [0.5, 0.6) is 0 Å². The van der Waals surface area contributed by atoms with Crippen molar-refractivity contribution in [3.05, 3.63) is 0 Å². The van der Waals surface area contributed by atoms with Gasteiger partial charge in [-0.3, -0.25) is 0 Å². The maximum absolute atomic E-state index is 9.42. The first-order valence-corrected chi connectivity index (χ1v) is 5.32. The second kappa shape index (κ2) is 7.17. The van der Waals surface area contributed by atoms with Gasteiger partial charge in [0.25, 0.3) is 0 Å². The third kappa shape index (κ3) is 4.37. The molecule has 0 radical (unpaired) electrons. The zero-order valence-corrected chi connectivity index (χ0v) is 8.87. The molecule has 1 aliphatic heterocycles. The third-order valence-corrected chi connectivity index (χ3v) is 2.48. The monoisotopic (exact) mass is 203 g/mol. The van der Waals surface area contributed by atoms with Crippen molar-refractivity contribution in [3.63, 3.8) is 0 Å². The minimum atomic E-state index is -0.325. The van der Waals surface area contributed by atoms with Crippen molar-refractivity contribution in [2.24, 2.45) is 0 Å². The maximum Gasteiger partial charge on any atom is 0.0948 e. The molecule has 1 fully saturated rings. The summed E-state index contributed by atoms with van der Waals surface area (Å²) in [6.45, 7) is 2.91. The average Bonchev–Trinajstić information content (AvgIpc) is 2.58. The molecule has 1 saturated heterocycles. The number of nitrogens with one attached hydrogen (secondary N) is 1. The number of unbranched alkanes of at least 4 members (excludes halogenated alkanes) is 2. The quantitative estimate of drug-likeness (QED) is 0.578. The van der Waals surface area contributed by atoms with E-state index in [1.165, 1.54) is 6.42 Å². The van der Waals surface area contributed by atoms with Crippen LogP contribution in [0.1, 0.15) is 19.3 Å². The average molecular weight is 203 g/mol. The van der Waals surface area contributed by atoms with Crippen molar-refractivity contribution < 1.29 is 14.6 Å². The zero-order chi connectivity index (χ0) is 10.2. The van der Waals surface area contributed by atoms with E-state index in [1.807, 2.05) is 0 Å². The van der Waals surface area contributed by atoms with Crippen LogP contribution in [0.2, 0.25) is 0 Å². The van der Waals surface area contributed by atoms with Crippen LogP contribution in [0.4, 0.5) is 0 Å². The van der Waals surface area contributed by atoms with Gasteiger partial charge in [-0.2, -0.15) is 0 Å². The molecule has 0 amide bonds. The van der Waals surface area contributed by atoms with Gasteiger partial charge in [-0.1, -0.05) is 0 Å². The van der Waals surface area contributed by atoms with Crippen molar-refractivity contribution >= 4 is 0 Å². The lowest BCUT2D eigenvalue weighted by Gasteiger charge is -2.13. The summed E-state index contributed by atoms with van der Waals surface area (Å²) >= 11 is 0. The van der Waals surface area contributed by atoms with E-state index in [4.69, 9.17) is 9.47 Å². The molecule has 0 aromatic heterocycles. The first kappa shape index (κ1) is 11.9. The molecule has 4 nitrogen and oxygen atoms in total. The van der Waals surface area contributed by atoms with Gasteiger partial charge in [0.1, 0.15) is 0 Å². The van der Waals surface area contributed by atoms with Crippen molar-refractivity contribution in [3.8, 4) is 0 Å². The van der Waals surface area contributed by atoms with Crippen LogP contribution in [0.25, 0.3) is 0 Å². The summed E-state index contributed by atoms with van der Waals surface area (Å²) < 4.78 is 10.1. The van der Waals surface area contributed by atoms with Gasteiger partial charge in [0.15, 0.2) is 0 Å². The van der Waals surface area contributed by atoms with Gasteiger partial charge in [0.05, 0.1) is 25.4 Å². The summed E-state index contributed by atoms with van der Waals surface area (Å²) in [6.07, 6.45) is 3.09. The fourth-order valence-electron chi connectivity index (χ4n) is 1.57. The van der Waals surface area contributed by atoms with Gasteiger partial charge in [-0.25, -0.2) is 0 Å². The number of hydrogen-bond donors (Lipinski definition) is 2. The van der Waals surface area contributed by atoms with Crippen molar-refractivity contribution in [2.75, 3.05) is 33.5 Å². The fraction of sp³-hybridized carbons (Fsp3) is 1.00. The van der Waals surface area contributed by atoms with Crippen LogP contribution in [-0.2, 0) is 9.47 Å². The van der Waals surface area contributed by atoms with Gasteiger partial charge in [0, 0.05) is 13.7 Å². The number of ether oxygens (including phenoxy) is 2. The first-order chi connectivity index (χ1) is 6.84. The number of hydrogen-bond acceptors (Lipinski definition) is 4. The molecule has 1 rings (SSSR count). The molecule has 0 aromatic carbocycles. The number of aliphatic hydroxyl groups excluding tert-OH is 1. The first-order valence-electron chi connectivity index (χ1n) is 5.32. The lowest BCUT2D eigenvalue weighted by molar-refractivity contribution is 0.122. The van der Waals surface area contributed by atoms with E-state index in [1.54, 1.807) is 7.11 Å². The van der Waals surface area contributed by atoms with Crippen molar-refractivity contribution in [1.82, 2.24) is 5.32 Å². The standard InChI is InChI=1S/C10H21NO3/c1-13-6-4-2-3-5-11-9-7-14-8-10(9)12/h9-12H,2-8H2,1H3. The van der Waals surface area contributed by atoms with Crippen LogP contribution < -0.4 is 5.32 Å². The highest BCUT2D eigenvalue weighted by molar-refractivity contribution is 4.80. The smallest absolute Gasteiger partial charge is 0.0948 e. The summed E-state index contributed by atoms with van der Waals surface area (Å²) in [6, 6.07) is 0.137. The number of aliphatic hydroxyl groups is 1. The van der Waals surface area contributed by atoms with E-state index in [-0.39, 0.29) is 12.1 Å². The van der Waals surface area contributed by atoms with Crippen molar-refractivity contribution in [2.45, 2.75) is 31.4 Å². The Bertz CT molecular complexity index is 143. The van der Waals surface area contributed by atoms with Gasteiger partial charge in [-0.15, -0.1) is 0 Å². The fourth-order valence-corrected chi connectivity index (χ4v) is 1.57. The largest absolute Gasteiger partial charge is 0.389 e. The van der Waals surface area contributed by atoms with Crippen LogP contribution in [0.3, 0.4) is 0 Å². The van der Waals surface area contributed by atoms with Gasteiger partial charge >= 0.3 is 0 Å². The minimum absolute atomic E-state index is 0.137. The molecule has 0 saturated carbocycles. The molecule has 84 valence electrons. The van der Waals surface area contributed by atoms with Crippen LogP contribution in [0, 0.1) is 0 Å². The van der Waals surface area contributed by atoms with E-state index in [0.29, 0.717) is 13.2 Å². The Balaban J connectivity index is 1.88. The Morgan fingerprint density at radius 2 is 2.21 bits per heavy atom. The highest BCUT2D eigenvalue weighted by Crippen LogP contribution is 2.05. The molecule has 0 aliphatic carbocycles. The molecule has 0 spiro atoms. The maximum atomic E-state index is 9.42. The highest BCUT2D eigenvalue weighted by Gasteiger charge is 2.24. The van der Waals surface area contributed by atoms with E-state index in [0.717, 1.165) is 26.0 Å². The Kier molecular flexibility index (Phi) is 6.10. The normalized spacial score (nSPS) is 27.0. The third-order valence-electron chi connectivity index (χ3n) is 2.48. The SMILES string of the molecule is COCCCCCNC1COCC1O. The summed E-state index contributed by atoms with van der Waals surface area (Å²) in [7, 11) is 1.73. The lowest BCUT2D eigenvalue weighted by atomic mass is 10.2. The second-order valence-electron chi connectivity index (χ2n) is 3.72. The molecule has 1 aliphatic rings. The molecule has 2 unspecified atom stereocenters. The van der Waals surface area contributed by atoms with Crippen LogP contribution in [0.15, 0.2) is 0 Å². The Hall–Kier alpha value is -0.160. The van der Waals surface area contributed by atoms with Crippen molar-refractivity contribution in [1.29, 1.82) is 0 Å². The molecule has 14 heavy (non-hydrogen) atoms. The lowest BCUT2D eigenvalue weighted by Crippen LogP contribution is -2.39. The molecule has 4 heteroatoms. The second-order valence-corrected chi connectivity index (χ2v) is 3.72. The summed E-state index contributed by atoms with van der Waals surface area (Å²) in [4.78, 5) is 0. The molecule has 0 aromatic rings. The van der Waals surface area contributed by atoms with E-state index in [9.17, 15) is 5.11 Å². The molecule has 1 heterocycles. The molecular formula is C10H21NO3. The van der Waals surface area contributed by atoms with E-state index >= 15 is 0 Å². The van der Waals surface area contributed by atoms with E-state index < -0.39 is 0 Å². The Morgan fingerprint density at radius 1 is 1.36 bits per heavy atom. The predicted octanol–water partition coefficient (Wildman–Crippen LogP) is 0.152. The minimum Gasteiger partial charge on any atom is -0.389 e. The molecule has 2 atom stereocenters. The van der Waals surface area contributed by atoms with Crippen LogP contribution >= 0.6 is 0 Å². The van der Waals surface area contributed by atoms with Crippen LogP contribution in [-0.4, -0.2) is 50.7 Å². The molecular weight excluding hydrogens is 182 g/mol. The highest BCUT2D eigenvalue weighted by atomic mass is 16.5.